The Hall–Kier alpha value is -1.20. The summed E-state index contributed by atoms with van der Waals surface area (Å²) in [5.74, 6) is 0. The van der Waals surface area contributed by atoms with Crippen LogP contribution in [0.25, 0.3) is 0 Å². The Morgan fingerprint density at radius 2 is 1.21 bits per heavy atom. The summed E-state index contributed by atoms with van der Waals surface area (Å²) in [7, 11) is 0. The normalized spacial score (nSPS) is 11.8. The van der Waals surface area contributed by atoms with E-state index in [1.165, 1.54) is 6.92 Å². The minimum Gasteiger partial charge on any atom is -0.166 e. The monoisotopic (exact) mass is 286 g/mol. The van der Waals surface area contributed by atoms with Crippen molar-refractivity contribution >= 4 is 0 Å². The van der Waals surface area contributed by atoms with Gasteiger partial charge in [0, 0.05) is 0 Å². The number of rotatable bonds is 2. The number of alkyl halides is 6. The average molecular weight is 286 g/mol. The minimum absolute atomic E-state index is 0.218. The quantitative estimate of drug-likeness (QED) is 0.611. The van der Waals surface area contributed by atoms with Crippen molar-refractivity contribution in [1.82, 2.24) is 0 Å². The molecule has 0 unspecified atom stereocenters. The smallest absolute Gasteiger partial charge is 0.166 e. The van der Waals surface area contributed by atoms with E-state index in [0.717, 1.165) is 6.07 Å². The van der Waals surface area contributed by atoms with Crippen LogP contribution in [0, 0.1) is 0 Å². The molecule has 0 amide bonds. The van der Waals surface area contributed by atoms with Crippen molar-refractivity contribution in [3.8, 4) is 0 Å². The van der Waals surface area contributed by atoms with Crippen LogP contribution in [0.4, 0.5) is 26.3 Å². The van der Waals surface area contributed by atoms with Gasteiger partial charge in [0.15, 0.2) is 0 Å². The fourth-order valence-electron chi connectivity index (χ4n) is 1.64. The van der Waals surface area contributed by atoms with Crippen LogP contribution in [0.5, 0.6) is 0 Å². The molecule has 0 bridgehead atoms. The number of hydrogen-bond acceptors (Lipinski definition) is 0. The Kier molecular flexibility index (Phi) is 6.39. The molecule has 0 fully saturated rings. The molecule has 1 aromatic rings. The van der Waals surface area contributed by atoms with Crippen LogP contribution in [0.1, 0.15) is 43.9 Å². The van der Waals surface area contributed by atoms with Gasteiger partial charge in [0.25, 0.3) is 0 Å². The summed E-state index contributed by atoms with van der Waals surface area (Å²) >= 11 is 0. The molecule has 0 radical (unpaired) electrons. The lowest BCUT2D eigenvalue weighted by Gasteiger charge is -2.18. The molecule has 0 aliphatic heterocycles. The second-order valence-corrected chi connectivity index (χ2v) is 3.58. The van der Waals surface area contributed by atoms with Gasteiger partial charge in [-0.1, -0.05) is 33.3 Å². The van der Waals surface area contributed by atoms with E-state index < -0.39 is 29.0 Å². The Labute approximate surface area is 108 Å². The third kappa shape index (κ3) is 4.76. The largest absolute Gasteiger partial charge is 0.416 e. The highest BCUT2D eigenvalue weighted by Crippen LogP contribution is 2.39. The lowest BCUT2D eigenvalue weighted by molar-refractivity contribution is -0.144. The van der Waals surface area contributed by atoms with E-state index >= 15 is 0 Å². The zero-order valence-electron chi connectivity index (χ0n) is 10.9. The van der Waals surface area contributed by atoms with Gasteiger partial charge >= 0.3 is 12.4 Å². The number of hydrogen-bond donors (Lipinski definition) is 0. The third-order valence-corrected chi connectivity index (χ3v) is 2.29. The molecule has 0 saturated heterocycles. The van der Waals surface area contributed by atoms with Crippen molar-refractivity contribution < 1.29 is 26.3 Å². The first-order valence-electron chi connectivity index (χ1n) is 5.94. The summed E-state index contributed by atoms with van der Waals surface area (Å²) in [4.78, 5) is 0. The molecule has 110 valence electrons. The fraction of sp³-hybridized carbons (Fsp3) is 0.538. The first kappa shape index (κ1) is 17.8. The van der Waals surface area contributed by atoms with Gasteiger partial charge in [-0.2, -0.15) is 26.3 Å². The van der Waals surface area contributed by atoms with Crippen LogP contribution in [0.15, 0.2) is 18.2 Å². The summed E-state index contributed by atoms with van der Waals surface area (Å²) in [5, 5.41) is 0. The molecule has 19 heavy (non-hydrogen) atoms. The molecule has 1 aromatic carbocycles. The van der Waals surface area contributed by atoms with Crippen LogP contribution in [0.2, 0.25) is 0 Å². The van der Waals surface area contributed by atoms with Crippen LogP contribution >= 0.6 is 0 Å². The summed E-state index contributed by atoms with van der Waals surface area (Å²) in [6.07, 6.45) is -9.54. The second-order valence-electron chi connectivity index (χ2n) is 3.58. The van der Waals surface area contributed by atoms with Crippen molar-refractivity contribution in [2.75, 3.05) is 0 Å². The molecule has 0 atom stereocenters. The minimum atomic E-state index is -4.76. The maximum atomic E-state index is 12.6. The van der Waals surface area contributed by atoms with Gasteiger partial charge in [0.05, 0.1) is 11.1 Å². The standard InChI is InChI=1S/C11H10F6.C2H6/c1-2-4-7-8(10(12,13)14)5-3-6-9(7)11(15,16)17;1-2/h3,5-6H,2,4H2,1H3;1-2H3. The Balaban J connectivity index is 0.00000154. The zero-order valence-corrected chi connectivity index (χ0v) is 10.9. The second kappa shape index (κ2) is 6.82. The lowest BCUT2D eigenvalue weighted by atomic mass is 9.96. The van der Waals surface area contributed by atoms with Gasteiger partial charge in [0.1, 0.15) is 0 Å². The van der Waals surface area contributed by atoms with E-state index in [1.807, 2.05) is 13.8 Å². The van der Waals surface area contributed by atoms with Gasteiger partial charge in [-0.15, -0.1) is 0 Å². The van der Waals surface area contributed by atoms with E-state index in [0.29, 0.717) is 12.1 Å². The van der Waals surface area contributed by atoms with E-state index in [9.17, 15) is 26.3 Å². The first-order valence-corrected chi connectivity index (χ1v) is 5.94. The maximum absolute atomic E-state index is 12.6. The van der Waals surface area contributed by atoms with Crippen LogP contribution < -0.4 is 0 Å². The van der Waals surface area contributed by atoms with E-state index in [-0.39, 0.29) is 12.8 Å². The van der Waals surface area contributed by atoms with Crippen LogP contribution in [0.3, 0.4) is 0 Å². The highest BCUT2D eigenvalue weighted by Gasteiger charge is 2.39. The molecular weight excluding hydrogens is 270 g/mol. The van der Waals surface area contributed by atoms with Crippen molar-refractivity contribution in [1.29, 1.82) is 0 Å². The van der Waals surface area contributed by atoms with Crippen LogP contribution in [-0.4, -0.2) is 0 Å². The number of halogens is 6. The van der Waals surface area contributed by atoms with Gasteiger partial charge in [-0.05, 0) is 24.1 Å². The Morgan fingerprint density at radius 3 is 1.47 bits per heavy atom. The van der Waals surface area contributed by atoms with Crippen molar-refractivity contribution in [3.05, 3.63) is 34.9 Å². The van der Waals surface area contributed by atoms with Gasteiger partial charge in [-0.3, -0.25) is 0 Å². The molecule has 0 aromatic heterocycles. The molecule has 0 aliphatic carbocycles. The summed E-state index contributed by atoms with van der Waals surface area (Å²) < 4.78 is 75.4. The van der Waals surface area contributed by atoms with E-state index in [1.54, 1.807) is 0 Å². The summed E-state index contributed by atoms with van der Waals surface area (Å²) in [5.41, 5.74) is -3.07. The molecular formula is C13H16F6. The predicted molar refractivity (Wildman–Crippen MR) is 61.8 cm³/mol. The molecule has 0 aliphatic rings. The predicted octanol–water partition coefficient (Wildman–Crippen LogP) is 5.70. The van der Waals surface area contributed by atoms with Crippen molar-refractivity contribution in [3.63, 3.8) is 0 Å². The molecule has 6 heteroatoms. The van der Waals surface area contributed by atoms with E-state index in [2.05, 4.69) is 0 Å². The topological polar surface area (TPSA) is 0 Å². The molecule has 0 saturated carbocycles. The van der Waals surface area contributed by atoms with Gasteiger partial charge in [0.2, 0.25) is 0 Å². The Morgan fingerprint density at radius 1 is 0.842 bits per heavy atom. The van der Waals surface area contributed by atoms with Crippen molar-refractivity contribution in [2.45, 2.75) is 46.0 Å². The highest BCUT2D eigenvalue weighted by molar-refractivity contribution is 5.39. The number of benzene rings is 1. The lowest BCUT2D eigenvalue weighted by Crippen LogP contribution is -2.16. The molecule has 0 N–H and O–H groups in total. The molecule has 1 rings (SSSR count). The Bertz CT molecular complexity index is 357. The molecule has 0 heterocycles. The fourth-order valence-corrected chi connectivity index (χ4v) is 1.64. The van der Waals surface area contributed by atoms with E-state index in [4.69, 9.17) is 0 Å². The molecule has 0 nitrogen and oxygen atoms in total. The third-order valence-electron chi connectivity index (χ3n) is 2.29. The summed E-state index contributed by atoms with van der Waals surface area (Å²) in [6, 6.07) is 2.14. The van der Waals surface area contributed by atoms with Crippen LogP contribution in [-0.2, 0) is 18.8 Å². The van der Waals surface area contributed by atoms with Gasteiger partial charge < -0.3 is 0 Å². The maximum Gasteiger partial charge on any atom is 0.416 e. The van der Waals surface area contributed by atoms with Crippen molar-refractivity contribution in [2.24, 2.45) is 0 Å². The SMILES string of the molecule is CC.CCCc1c(C(F)(F)F)cccc1C(F)(F)F. The zero-order chi connectivity index (χ0) is 15.3. The average Bonchev–Trinajstić information content (AvgIpc) is 2.29. The molecule has 0 spiro atoms. The summed E-state index contributed by atoms with van der Waals surface area (Å²) in [6.45, 7) is 5.54. The highest BCUT2D eigenvalue weighted by atomic mass is 19.4. The first-order chi connectivity index (χ1) is 8.68. The van der Waals surface area contributed by atoms with Gasteiger partial charge in [-0.25, -0.2) is 0 Å².